The molecule has 10 heavy (non-hydrogen) atoms. The van der Waals surface area contributed by atoms with Gasteiger partial charge in [-0.25, -0.2) is 4.79 Å². The number of nitrogens with zero attached hydrogens (tertiary/aromatic N) is 1. The largest absolute Gasteiger partial charge is 0.467 e. The molecule has 1 unspecified atom stereocenters. The van der Waals surface area contributed by atoms with E-state index in [0.29, 0.717) is 0 Å². The lowest BCUT2D eigenvalue weighted by Gasteiger charge is -2.15. The Morgan fingerprint density at radius 2 is 2.40 bits per heavy atom. The van der Waals surface area contributed by atoms with E-state index in [1.54, 1.807) is 6.07 Å². The highest BCUT2D eigenvalue weighted by molar-refractivity contribution is 5.78. The van der Waals surface area contributed by atoms with Crippen molar-refractivity contribution >= 4 is 5.97 Å². The van der Waals surface area contributed by atoms with Crippen molar-refractivity contribution in [1.29, 1.82) is 5.26 Å². The average molecular weight is 143 g/mol. The van der Waals surface area contributed by atoms with Crippen LogP contribution < -0.4 is 0 Å². The molecule has 0 spiro atoms. The molecule has 0 saturated carbocycles. The van der Waals surface area contributed by atoms with Crippen LogP contribution in [0.4, 0.5) is 0 Å². The number of methoxy groups -OCH3 is 1. The Kier molecular flexibility index (Phi) is 2.84. The van der Waals surface area contributed by atoms with Crippen LogP contribution in [0.3, 0.4) is 0 Å². The molecule has 0 saturated heterocycles. The summed E-state index contributed by atoms with van der Waals surface area (Å²) in [4.78, 5) is 10.6. The van der Waals surface area contributed by atoms with Crippen molar-refractivity contribution in [3.05, 3.63) is 0 Å². The SMILES string of the molecule is COC(=O)C(C)(O)CC#N. The summed E-state index contributed by atoms with van der Waals surface area (Å²) in [5, 5.41) is 17.2. The smallest absolute Gasteiger partial charge is 0.338 e. The molecule has 4 heteroatoms. The normalized spacial score (nSPS) is 15.0. The summed E-state index contributed by atoms with van der Waals surface area (Å²) >= 11 is 0. The minimum Gasteiger partial charge on any atom is -0.467 e. The molecule has 0 aliphatic carbocycles. The van der Waals surface area contributed by atoms with Crippen molar-refractivity contribution in [3.8, 4) is 6.07 Å². The van der Waals surface area contributed by atoms with Gasteiger partial charge in [0.25, 0.3) is 0 Å². The summed E-state index contributed by atoms with van der Waals surface area (Å²) in [5.74, 6) is -0.783. The van der Waals surface area contributed by atoms with Crippen LogP contribution in [0.1, 0.15) is 13.3 Å². The van der Waals surface area contributed by atoms with E-state index >= 15 is 0 Å². The van der Waals surface area contributed by atoms with Crippen LogP contribution in [0.2, 0.25) is 0 Å². The molecule has 0 radical (unpaired) electrons. The first kappa shape index (κ1) is 8.92. The van der Waals surface area contributed by atoms with Gasteiger partial charge in [0.1, 0.15) is 0 Å². The van der Waals surface area contributed by atoms with Gasteiger partial charge in [-0.2, -0.15) is 5.26 Å². The number of hydrogen-bond donors (Lipinski definition) is 1. The number of esters is 1. The maximum absolute atomic E-state index is 10.6. The Morgan fingerprint density at radius 3 is 2.70 bits per heavy atom. The standard InChI is InChI=1S/C6H9NO3/c1-6(9,3-4-7)5(8)10-2/h9H,3H2,1-2H3. The highest BCUT2D eigenvalue weighted by Crippen LogP contribution is 2.09. The van der Waals surface area contributed by atoms with Gasteiger partial charge < -0.3 is 9.84 Å². The number of carbonyl (C=O) groups is 1. The van der Waals surface area contributed by atoms with Crippen molar-refractivity contribution in [3.63, 3.8) is 0 Å². The minimum absolute atomic E-state index is 0.250. The fourth-order valence-corrected chi connectivity index (χ4v) is 0.446. The van der Waals surface area contributed by atoms with Gasteiger partial charge in [0.2, 0.25) is 0 Å². The molecule has 0 aliphatic rings. The van der Waals surface area contributed by atoms with Gasteiger partial charge in [-0.05, 0) is 6.92 Å². The first-order valence-electron chi connectivity index (χ1n) is 2.72. The molecule has 0 amide bonds. The molecule has 0 aromatic carbocycles. The predicted molar refractivity (Wildman–Crippen MR) is 32.9 cm³/mol. The summed E-state index contributed by atoms with van der Waals surface area (Å²) in [7, 11) is 1.16. The monoisotopic (exact) mass is 143 g/mol. The number of nitriles is 1. The zero-order chi connectivity index (χ0) is 8.20. The van der Waals surface area contributed by atoms with E-state index < -0.39 is 11.6 Å². The van der Waals surface area contributed by atoms with E-state index in [1.807, 2.05) is 0 Å². The quantitative estimate of drug-likeness (QED) is 0.544. The summed E-state index contributed by atoms with van der Waals surface area (Å²) in [6, 6.07) is 1.67. The molecule has 0 aromatic rings. The van der Waals surface area contributed by atoms with Crippen LogP contribution in [0.5, 0.6) is 0 Å². The van der Waals surface area contributed by atoms with Gasteiger partial charge in [0.15, 0.2) is 5.60 Å². The topological polar surface area (TPSA) is 70.3 Å². The summed E-state index contributed by atoms with van der Waals surface area (Å²) < 4.78 is 4.23. The summed E-state index contributed by atoms with van der Waals surface area (Å²) in [5.41, 5.74) is -1.66. The zero-order valence-corrected chi connectivity index (χ0v) is 5.92. The van der Waals surface area contributed by atoms with Crippen molar-refractivity contribution in [2.24, 2.45) is 0 Å². The molecule has 0 bridgehead atoms. The van der Waals surface area contributed by atoms with Crippen molar-refractivity contribution in [2.75, 3.05) is 7.11 Å². The van der Waals surface area contributed by atoms with Crippen LogP contribution in [0.15, 0.2) is 0 Å². The Balaban J connectivity index is 4.13. The Morgan fingerprint density at radius 1 is 1.90 bits per heavy atom. The van der Waals surface area contributed by atoms with E-state index in [2.05, 4.69) is 4.74 Å². The Hall–Kier alpha value is -1.08. The number of aliphatic hydroxyl groups is 1. The fourth-order valence-electron chi connectivity index (χ4n) is 0.446. The number of rotatable bonds is 2. The maximum Gasteiger partial charge on any atom is 0.338 e. The summed E-state index contributed by atoms with van der Waals surface area (Å²) in [6.45, 7) is 1.24. The molecular weight excluding hydrogens is 134 g/mol. The van der Waals surface area contributed by atoms with Crippen molar-refractivity contribution in [2.45, 2.75) is 18.9 Å². The lowest BCUT2D eigenvalue weighted by Crippen LogP contribution is -2.35. The molecular formula is C6H9NO3. The molecule has 1 N–H and O–H groups in total. The van der Waals surface area contributed by atoms with Gasteiger partial charge in [-0.1, -0.05) is 0 Å². The second-order valence-electron chi connectivity index (χ2n) is 2.10. The van der Waals surface area contributed by atoms with E-state index in [9.17, 15) is 4.79 Å². The third-order valence-corrected chi connectivity index (χ3v) is 1.05. The maximum atomic E-state index is 10.6. The Bertz CT molecular complexity index is 168. The lowest BCUT2D eigenvalue weighted by molar-refractivity contribution is -0.159. The Labute approximate surface area is 59.0 Å². The fraction of sp³-hybridized carbons (Fsp3) is 0.667. The van der Waals surface area contributed by atoms with Gasteiger partial charge in [0.05, 0.1) is 19.6 Å². The van der Waals surface area contributed by atoms with Gasteiger partial charge in [0, 0.05) is 0 Å². The zero-order valence-electron chi connectivity index (χ0n) is 5.92. The van der Waals surface area contributed by atoms with Crippen molar-refractivity contribution in [1.82, 2.24) is 0 Å². The van der Waals surface area contributed by atoms with Gasteiger partial charge in [-0.15, -0.1) is 0 Å². The van der Waals surface area contributed by atoms with Gasteiger partial charge in [-0.3, -0.25) is 0 Å². The van der Waals surface area contributed by atoms with Crippen LogP contribution in [-0.2, 0) is 9.53 Å². The highest BCUT2D eigenvalue weighted by Gasteiger charge is 2.30. The molecule has 0 aliphatic heterocycles. The van der Waals surface area contributed by atoms with Crippen molar-refractivity contribution < 1.29 is 14.6 Å². The molecule has 0 heterocycles. The average Bonchev–Trinajstić information content (AvgIpc) is 1.86. The number of hydrogen-bond acceptors (Lipinski definition) is 4. The van der Waals surface area contributed by atoms with Crippen LogP contribution in [-0.4, -0.2) is 23.8 Å². The molecule has 0 rings (SSSR count). The number of ether oxygens (including phenoxy) is 1. The third-order valence-electron chi connectivity index (χ3n) is 1.05. The molecule has 0 aromatic heterocycles. The minimum atomic E-state index is -1.66. The predicted octanol–water partition coefficient (Wildman–Crippen LogP) is -0.176. The van der Waals surface area contributed by atoms with Gasteiger partial charge >= 0.3 is 5.97 Å². The van der Waals surface area contributed by atoms with Crippen LogP contribution in [0.25, 0.3) is 0 Å². The third kappa shape index (κ3) is 2.03. The highest BCUT2D eigenvalue weighted by atomic mass is 16.5. The second kappa shape index (κ2) is 3.18. The lowest BCUT2D eigenvalue weighted by atomic mass is 10.0. The van der Waals surface area contributed by atoms with E-state index in [4.69, 9.17) is 10.4 Å². The number of carbonyl (C=O) groups excluding carboxylic acids is 1. The van der Waals surface area contributed by atoms with Crippen LogP contribution >= 0.6 is 0 Å². The molecule has 56 valence electrons. The first-order valence-corrected chi connectivity index (χ1v) is 2.72. The summed E-state index contributed by atoms with van der Waals surface area (Å²) in [6.07, 6.45) is -0.250. The molecule has 4 nitrogen and oxygen atoms in total. The second-order valence-corrected chi connectivity index (χ2v) is 2.10. The molecule has 0 fully saturated rings. The van der Waals surface area contributed by atoms with E-state index in [0.717, 1.165) is 7.11 Å². The van der Waals surface area contributed by atoms with E-state index in [1.165, 1.54) is 6.92 Å². The molecule has 1 atom stereocenters. The van der Waals surface area contributed by atoms with Crippen LogP contribution in [0, 0.1) is 11.3 Å². The first-order chi connectivity index (χ1) is 4.54. The van der Waals surface area contributed by atoms with E-state index in [-0.39, 0.29) is 6.42 Å².